The molecule has 0 aromatic carbocycles. The molecule has 98 valence electrons. The average molecular weight is 251 g/mol. The van der Waals surface area contributed by atoms with Crippen molar-refractivity contribution in [3.63, 3.8) is 0 Å². The molecule has 0 amide bonds. The predicted octanol–water partition coefficient (Wildman–Crippen LogP) is 1.36. The van der Waals surface area contributed by atoms with Crippen molar-refractivity contribution in [2.24, 2.45) is 0 Å². The van der Waals surface area contributed by atoms with Gasteiger partial charge in [0.15, 0.2) is 0 Å². The zero-order chi connectivity index (χ0) is 12.6. The second-order valence-electron chi connectivity index (χ2n) is 3.51. The fourth-order valence-electron chi connectivity index (χ4n) is 1.91. The molecule has 0 aliphatic rings. The summed E-state index contributed by atoms with van der Waals surface area (Å²) in [6.07, 6.45) is 0.340. The molecule has 0 aromatic heterocycles. The van der Waals surface area contributed by atoms with Crippen molar-refractivity contribution in [3.8, 4) is 0 Å². The van der Waals surface area contributed by atoms with Crippen LogP contribution in [0, 0.1) is 0 Å². The van der Waals surface area contributed by atoms with E-state index in [1.807, 2.05) is 37.0 Å². The van der Waals surface area contributed by atoms with E-state index in [2.05, 4.69) is 5.32 Å². The maximum absolute atomic E-state index is 13.0. The number of rotatable bonds is 9. The Balaban J connectivity index is 4.91. The highest BCUT2D eigenvalue weighted by molar-refractivity contribution is 7.59. The van der Waals surface area contributed by atoms with Crippen molar-refractivity contribution < 1.29 is 9.67 Å². The molecule has 0 spiro atoms. The van der Waals surface area contributed by atoms with E-state index >= 15 is 0 Å². The van der Waals surface area contributed by atoms with Gasteiger partial charge in [0.05, 0.1) is 13.0 Å². The summed E-state index contributed by atoms with van der Waals surface area (Å²) in [6.45, 7) is 11.0. The van der Waals surface area contributed by atoms with Crippen LogP contribution in [0.1, 0.15) is 27.7 Å². The van der Waals surface area contributed by atoms with Crippen LogP contribution in [0.3, 0.4) is 0 Å². The Bertz CT molecular complexity index is 202. The van der Waals surface area contributed by atoms with Gasteiger partial charge in [-0.05, 0) is 0 Å². The molecule has 0 saturated carbocycles. The number of nitrogens with zero attached hydrogens (tertiary/aromatic N) is 2. The first kappa shape index (κ1) is 16.1. The third-order valence-corrected chi connectivity index (χ3v) is 6.31. The van der Waals surface area contributed by atoms with Gasteiger partial charge < -0.3 is 5.11 Å². The van der Waals surface area contributed by atoms with E-state index in [-0.39, 0.29) is 6.73 Å². The van der Waals surface area contributed by atoms with E-state index in [0.29, 0.717) is 6.29 Å². The predicted molar refractivity (Wildman–Crippen MR) is 68.5 cm³/mol. The van der Waals surface area contributed by atoms with Crippen LogP contribution in [-0.4, -0.2) is 53.6 Å². The lowest BCUT2D eigenvalue weighted by molar-refractivity contribution is 0.263. The highest BCUT2D eigenvalue weighted by Gasteiger charge is 2.33. The largest absolute Gasteiger partial charge is 0.381 e. The SMILES string of the molecule is CCN(CC)P(=O)(CNCO)N(CC)CC. The molecule has 0 bridgehead atoms. The minimum absolute atomic E-state index is 0.132. The topological polar surface area (TPSA) is 55.8 Å². The van der Waals surface area contributed by atoms with Gasteiger partial charge in [0.25, 0.3) is 0 Å². The van der Waals surface area contributed by atoms with Gasteiger partial charge in [-0.25, -0.2) is 9.34 Å². The van der Waals surface area contributed by atoms with Crippen molar-refractivity contribution in [1.29, 1.82) is 0 Å². The Morgan fingerprint density at radius 1 is 1.00 bits per heavy atom. The maximum Gasteiger partial charge on any atom is 0.229 e. The second kappa shape index (κ2) is 8.20. The number of hydrogen-bond acceptors (Lipinski definition) is 3. The highest BCUT2D eigenvalue weighted by Crippen LogP contribution is 2.51. The molecule has 16 heavy (non-hydrogen) atoms. The van der Waals surface area contributed by atoms with Crippen LogP contribution in [0.5, 0.6) is 0 Å². The highest BCUT2D eigenvalue weighted by atomic mass is 31.2. The number of aliphatic hydroxyl groups excluding tert-OH is 1. The van der Waals surface area contributed by atoms with Crippen LogP contribution < -0.4 is 5.32 Å². The van der Waals surface area contributed by atoms with Gasteiger partial charge in [0, 0.05) is 26.2 Å². The molecule has 0 atom stereocenters. The normalized spacial score (nSPS) is 12.7. The summed E-state index contributed by atoms with van der Waals surface area (Å²) < 4.78 is 17.0. The third kappa shape index (κ3) is 3.82. The zero-order valence-electron chi connectivity index (χ0n) is 10.9. The number of nitrogens with one attached hydrogen (secondary N) is 1. The molecule has 0 aliphatic carbocycles. The molecule has 0 aromatic rings. The molecular weight excluding hydrogens is 225 g/mol. The van der Waals surface area contributed by atoms with Crippen molar-refractivity contribution >= 4 is 7.44 Å². The lowest BCUT2D eigenvalue weighted by Gasteiger charge is -2.37. The van der Waals surface area contributed by atoms with Crippen molar-refractivity contribution in [1.82, 2.24) is 14.7 Å². The van der Waals surface area contributed by atoms with E-state index in [0.717, 1.165) is 26.2 Å². The van der Waals surface area contributed by atoms with Crippen LogP contribution in [0.25, 0.3) is 0 Å². The van der Waals surface area contributed by atoms with Crippen molar-refractivity contribution in [2.75, 3.05) is 39.2 Å². The molecule has 2 N–H and O–H groups in total. The summed E-state index contributed by atoms with van der Waals surface area (Å²) in [5.41, 5.74) is 0. The van der Waals surface area contributed by atoms with E-state index in [1.165, 1.54) is 0 Å². The van der Waals surface area contributed by atoms with Crippen molar-refractivity contribution in [2.45, 2.75) is 27.7 Å². The minimum atomic E-state index is -2.56. The summed E-state index contributed by atoms with van der Waals surface area (Å²) in [4.78, 5) is 0. The van der Waals surface area contributed by atoms with E-state index in [4.69, 9.17) is 5.11 Å². The van der Waals surface area contributed by atoms with Gasteiger partial charge in [-0.15, -0.1) is 0 Å². The quantitative estimate of drug-likeness (QED) is 0.478. The van der Waals surface area contributed by atoms with Crippen LogP contribution in [0.2, 0.25) is 0 Å². The number of aliphatic hydroxyl groups is 1. The molecule has 0 heterocycles. The molecule has 0 radical (unpaired) electrons. The number of hydrogen-bond donors (Lipinski definition) is 2. The first-order valence-electron chi connectivity index (χ1n) is 6.02. The molecule has 0 unspecified atom stereocenters. The Hall–Kier alpha value is 0.0700. The Morgan fingerprint density at radius 2 is 1.38 bits per heavy atom. The van der Waals surface area contributed by atoms with Gasteiger partial charge >= 0.3 is 0 Å². The maximum atomic E-state index is 13.0. The molecule has 6 heteroatoms. The van der Waals surface area contributed by atoms with Gasteiger partial charge in [-0.2, -0.15) is 0 Å². The van der Waals surface area contributed by atoms with E-state index in [9.17, 15) is 4.57 Å². The van der Waals surface area contributed by atoms with Gasteiger partial charge in [-0.1, -0.05) is 27.7 Å². The average Bonchev–Trinajstić information content (AvgIpc) is 2.29. The summed E-state index contributed by atoms with van der Waals surface area (Å²) in [6, 6.07) is 0. The Kier molecular flexibility index (Phi) is 8.24. The van der Waals surface area contributed by atoms with Crippen molar-refractivity contribution in [3.05, 3.63) is 0 Å². The van der Waals surface area contributed by atoms with Gasteiger partial charge in [0.1, 0.15) is 0 Å². The summed E-state index contributed by atoms with van der Waals surface area (Å²) in [7, 11) is -2.56. The zero-order valence-corrected chi connectivity index (χ0v) is 11.8. The molecule has 0 fully saturated rings. The van der Waals surface area contributed by atoms with Crippen LogP contribution in [0.15, 0.2) is 0 Å². The van der Waals surface area contributed by atoms with Crippen LogP contribution in [-0.2, 0) is 4.57 Å². The molecule has 0 saturated heterocycles. The fraction of sp³-hybridized carbons (Fsp3) is 1.00. The van der Waals surface area contributed by atoms with E-state index < -0.39 is 7.44 Å². The first-order chi connectivity index (χ1) is 7.60. The Labute approximate surface area is 99.3 Å². The summed E-state index contributed by atoms with van der Waals surface area (Å²) in [5, 5.41) is 11.6. The molecule has 0 aliphatic heterocycles. The lowest BCUT2D eigenvalue weighted by Crippen LogP contribution is -2.37. The third-order valence-electron chi connectivity index (χ3n) is 2.77. The molecular formula is C10H26N3O2P. The minimum Gasteiger partial charge on any atom is -0.381 e. The second-order valence-corrected chi connectivity index (χ2v) is 6.29. The van der Waals surface area contributed by atoms with Gasteiger partial charge in [0.2, 0.25) is 7.44 Å². The van der Waals surface area contributed by atoms with Gasteiger partial charge in [-0.3, -0.25) is 9.88 Å². The first-order valence-corrected chi connectivity index (χ1v) is 7.81. The Morgan fingerprint density at radius 3 is 1.62 bits per heavy atom. The summed E-state index contributed by atoms with van der Waals surface area (Å²) in [5.74, 6) is 0. The standard InChI is InChI=1S/C10H26N3O2P/c1-5-12(6-2)16(15,10-11-9-14)13(7-3)8-4/h11,14H,5-10H2,1-4H3. The fourth-order valence-corrected chi connectivity index (χ4v) is 4.82. The van der Waals surface area contributed by atoms with E-state index in [1.54, 1.807) is 0 Å². The smallest absolute Gasteiger partial charge is 0.229 e. The van der Waals surface area contributed by atoms with Crippen LogP contribution in [0.4, 0.5) is 0 Å². The monoisotopic (exact) mass is 251 g/mol. The molecule has 0 rings (SSSR count). The molecule has 5 nitrogen and oxygen atoms in total. The lowest BCUT2D eigenvalue weighted by atomic mass is 10.7. The summed E-state index contributed by atoms with van der Waals surface area (Å²) >= 11 is 0. The van der Waals surface area contributed by atoms with Crippen LogP contribution >= 0.6 is 7.44 Å².